The van der Waals surface area contributed by atoms with Crippen LogP contribution in [0.3, 0.4) is 0 Å². The van der Waals surface area contributed by atoms with E-state index in [1.165, 1.54) is 0 Å². The quantitative estimate of drug-likeness (QED) is 0.744. The zero-order chi connectivity index (χ0) is 15.5. The van der Waals surface area contributed by atoms with Gasteiger partial charge in [-0.25, -0.2) is 0 Å². The lowest BCUT2D eigenvalue weighted by atomic mass is 10.2. The first kappa shape index (κ1) is 15.1. The van der Waals surface area contributed by atoms with Crippen molar-refractivity contribution in [1.29, 1.82) is 0 Å². The first-order valence-electron chi connectivity index (χ1n) is 6.87. The number of aliphatic hydroxyl groups excluding tert-OH is 1. The molecule has 2 heterocycles. The molecule has 2 N–H and O–H groups in total. The molecular weight excluding hydrogens is 318 g/mol. The van der Waals surface area contributed by atoms with Crippen molar-refractivity contribution in [3.63, 3.8) is 0 Å². The number of aliphatic hydroxyl groups is 1. The summed E-state index contributed by atoms with van der Waals surface area (Å²) in [6.07, 6.45) is 2.01. The van der Waals surface area contributed by atoms with Crippen LogP contribution < -0.4 is 5.32 Å². The van der Waals surface area contributed by atoms with Crippen LogP contribution in [0.5, 0.6) is 0 Å². The van der Waals surface area contributed by atoms with Crippen LogP contribution in [0.15, 0.2) is 41.9 Å². The maximum atomic E-state index is 9.23. The fourth-order valence-electron chi connectivity index (χ4n) is 2.28. The molecule has 0 aliphatic rings. The molecule has 3 rings (SSSR count). The average Bonchev–Trinajstić information content (AvgIpc) is 3.15. The minimum Gasteiger partial charge on any atom is -0.392 e. The van der Waals surface area contributed by atoms with Crippen molar-refractivity contribution in [2.24, 2.45) is 7.05 Å². The third-order valence-corrected chi connectivity index (χ3v) is 4.55. The number of thiophene rings is 1. The summed E-state index contributed by atoms with van der Waals surface area (Å²) >= 11 is 7.87. The minimum absolute atomic E-state index is 0.000807. The monoisotopic (exact) mass is 333 g/mol. The number of rotatable bonds is 5. The fourth-order valence-corrected chi connectivity index (χ4v) is 3.21. The summed E-state index contributed by atoms with van der Waals surface area (Å²) < 4.78 is 1.82. The average molecular weight is 334 g/mol. The lowest BCUT2D eigenvalue weighted by molar-refractivity contribution is 0.282. The van der Waals surface area contributed by atoms with Gasteiger partial charge < -0.3 is 10.4 Å². The fraction of sp³-hybridized carbons (Fsp3) is 0.188. The maximum absolute atomic E-state index is 9.23. The van der Waals surface area contributed by atoms with Crippen LogP contribution in [0.25, 0.3) is 10.6 Å². The molecule has 0 bridgehead atoms. The van der Waals surface area contributed by atoms with E-state index >= 15 is 0 Å². The molecule has 0 radical (unpaired) electrons. The molecule has 4 nitrogen and oxygen atoms in total. The number of benzene rings is 1. The van der Waals surface area contributed by atoms with Crippen LogP contribution in [0.4, 0.5) is 5.69 Å². The Hall–Kier alpha value is -1.82. The number of aryl methyl sites for hydroxylation is 1. The Morgan fingerprint density at radius 1 is 1.36 bits per heavy atom. The smallest absolute Gasteiger partial charge is 0.107 e. The van der Waals surface area contributed by atoms with Crippen LogP contribution in [-0.2, 0) is 20.2 Å². The van der Waals surface area contributed by atoms with Crippen LogP contribution >= 0.6 is 22.9 Å². The molecule has 0 spiro atoms. The van der Waals surface area contributed by atoms with E-state index in [4.69, 9.17) is 11.6 Å². The van der Waals surface area contributed by atoms with Gasteiger partial charge in [-0.05, 0) is 29.1 Å². The molecular formula is C16H16ClN3OS. The molecule has 3 aromatic rings. The number of aromatic nitrogens is 2. The van der Waals surface area contributed by atoms with Crippen molar-refractivity contribution in [2.75, 3.05) is 5.32 Å². The van der Waals surface area contributed by atoms with Gasteiger partial charge in [-0.1, -0.05) is 23.7 Å². The lowest BCUT2D eigenvalue weighted by Gasteiger charge is -2.09. The number of anilines is 1. The predicted molar refractivity (Wildman–Crippen MR) is 91.2 cm³/mol. The highest BCUT2D eigenvalue weighted by atomic mass is 35.5. The Morgan fingerprint density at radius 3 is 2.95 bits per heavy atom. The van der Waals surface area contributed by atoms with Crippen LogP contribution in [0.1, 0.15) is 11.1 Å². The van der Waals surface area contributed by atoms with E-state index in [1.807, 2.05) is 41.5 Å². The van der Waals surface area contributed by atoms with Crippen molar-refractivity contribution in [1.82, 2.24) is 9.78 Å². The second kappa shape index (κ2) is 6.52. The van der Waals surface area contributed by atoms with Crippen molar-refractivity contribution in [2.45, 2.75) is 13.2 Å². The molecule has 22 heavy (non-hydrogen) atoms. The molecule has 0 saturated carbocycles. The Kier molecular flexibility index (Phi) is 4.47. The van der Waals surface area contributed by atoms with Crippen LogP contribution in [0, 0.1) is 0 Å². The highest BCUT2D eigenvalue weighted by molar-refractivity contribution is 7.13. The van der Waals surface area contributed by atoms with E-state index in [9.17, 15) is 5.11 Å². The second-order valence-corrected chi connectivity index (χ2v) is 6.33. The van der Waals surface area contributed by atoms with Gasteiger partial charge in [-0.15, -0.1) is 11.3 Å². The molecule has 6 heteroatoms. The third kappa shape index (κ3) is 3.16. The molecule has 0 unspecified atom stereocenters. The Labute approximate surface area is 138 Å². The van der Waals surface area contributed by atoms with Crippen LogP contribution in [-0.4, -0.2) is 14.9 Å². The molecule has 1 aromatic carbocycles. The van der Waals surface area contributed by atoms with Gasteiger partial charge in [0.1, 0.15) is 5.69 Å². The normalized spacial score (nSPS) is 10.9. The lowest BCUT2D eigenvalue weighted by Crippen LogP contribution is -2.01. The SMILES string of the molecule is Cn1cc(CNc2cc(CO)ccc2Cl)c(-c2cccs2)n1. The Bertz CT molecular complexity index is 768. The topological polar surface area (TPSA) is 50.1 Å². The summed E-state index contributed by atoms with van der Waals surface area (Å²) in [6, 6.07) is 9.56. The summed E-state index contributed by atoms with van der Waals surface area (Å²) in [6.45, 7) is 0.620. The predicted octanol–water partition coefficient (Wildman–Crippen LogP) is 3.91. The van der Waals surface area contributed by atoms with Gasteiger partial charge in [0.15, 0.2) is 0 Å². The van der Waals surface area contributed by atoms with Gasteiger partial charge >= 0.3 is 0 Å². The molecule has 0 aliphatic heterocycles. The molecule has 0 amide bonds. The largest absolute Gasteiger partial charge is 0.392 e. The summed E-state index contributed by atoms with van der Waals surface area (Å²) in [4.78, 5) is 1.15. The van der Waals surface area contributed by atoms with Crippen LogP contribution in [0.2, 0.25) is 5.02 Å². The van der Waals surface area contributed by atoms with Crippen molar-refractivity contribution < 1.29 is 5.11 Å². The number of halogens is 1. The summed E-state index contributed by atoms with van der Waals surface area (Å²) in [5.41, 5.74) is 3.74. The van der Waals surface area contributed by atoms with Crippen molar-refractivity contribution in [3.05, 3.63) is 58.1 Å². The molecule has 114 valence electrons. The molecule has 0 aliphatic carbocycles. The summed E-state index contributed by atoms with van der Waals surface area (Å²) in [5, 5.41) is 19.8. The minimum atomic E-state index is -0.000807. The number of nitrogens with one attached hydrogen (secondary N) is 1. The Morgan fingerprint density at radius 2 is 2.23 bits per heavy atom. The van der Waals surface area contributed by atoms with E-state index in [0.29, 0.717) is 11.6 Å². The number of hydrogen-bond donors (Lipinski definition) is 2. The number of hydrogen-bond acceptors (Lipinski definition) is 4. The van der Waals surface area contributed by atoms with Gasteiger partial charge in [0.2, 0.25) is 0 Å². The summed E-state index contributed by atoms with van der Waals surface area (Å²) in [7, 11) is 1.92. The van der Waals surface area contributed by atoms with Crippen molar-refractivity contribution >= 4 is 28.6 Å². The zero-order valence-corrected chi connectivity index (χ0v) is 13.7. The van der Waals surface area contributed by atoms with E-state index < -0.39 is 0 Å². The van der Waals surface area contributed by atoms with Gasteiger partial charge in [-0.2, -0.15) is 5.10 Å². The zero-order valence-electron chi connectivity index (χ0n) is 12.1. The van der Waals surface area contributed by atoms with Gasteiger partial charge in [0, 0.05) is 25.4 Å². The highest BCUT2D eigenvalue weighted by Gasteiger charge is 2.11. The van der Waals surface area contributed by atoms with Gasteiger partial charge in [-0.3, -0.25) is 4.68 Å². The molecule has 0 atom stereocenters. The number of nitrogens with zero attached hydrogens (tertiary/aromatic N) is 2. The highest BCUT2D eigenvalue weighted by Crippen LogP contribution is 2.28. The standard InChI is InChI=1S/C16H16ClN3OS/c1-20-9-12(16(19-20)15-3-2-6-22-15)8-18-14-7-11(10-21)4-5-13(14)17/h2-7,9,18,21H,8,10H2,1H3. The molecule has 0 saturated heterocycles. The van der Waals surface area contributed by atoms with Crippen molar-refractivity contribution in [3.8, 4) is 10.6 Å². The van der Waals surface area contributed by atoms with E-state index in [-0.39, 0.29) is 6.61 Å². The van der Waals surface area contributed by atoms with E-state index in [1.54, 1.807) is 17.4 Å². The van der Waals surface area contributed by atoms with Gasteiger partial charge in [0.25, 0.3) is 0 Å². The first-order valence-corrected chi connectivity index (χ1v) is 8.12. The second-order valence-electron chi connectivity index (χ2n) is 4.98. The third-order valence-electron chi connectivity index (χ3n) is 3.34. The van der Waals surface area contributed by atoms with E-state index in [0.717, 1.165) is 27.4 Å². The Balaban J connectivity index is 1.83. The summed E-state index contributed by atoms with van der Waals surface area (Å²) in [5.74, 6) is 0. The first-order chi connectivity index (χ1) is 10.7. The maximum Gasteiger partial charge on any atom is 0.107 e. The molecule has 0 fully saturated rings. The molecule has 2 aromatic heterocycles. The van der Waals surface area contributed by atoms with Gasteiger partial charge in [0.05, 0.1) is 22.2 Å². The van der Waals surface area contributed by atoms with E-state index in [2.05, 4.69) is 16.5 Å².